The first kappa shape index (κ1) is 10.4. The van der Waals surface area contributed by atoms with Gasteiger partial charge in [0, 0.05) is 11.1 Å². The van der Waals surface area contributed by atoms with Crippen LogP contribution in [-0.2, 0) is 0 Å². The van der Waals surface area contributed by atoms with Gasteiger partial charge in [0.25, 0.3) is 0 Å². The summed E-state index contributed by atoms with van der Waals surface area (Å²) in [4.78, 5) is 0. The normalized spacial score (nSPS) is 9.64. The second-order valence-corrected chi connectivity index (χ2v) is 2.92. The molecule has 0 amide bonds. The highest BCUT2D eigenvalue weighted by Gasteiger charge is 2.09. The Bertz CT molecular complexity index is 336. The Morgan fingerprint density at radius 2 is 1.64 bits per heavy atom. The van der Waals surface area contributed by atoms with Gasteiger partial charge in [-0.05, 0) is 19.1 Å². The third-order valence-corrected chi connectivity index (χ3v) is 2.06. The molecule has 0 heterocycles. The summed E-state index contributed by atoms with van der Waals surface area (Å²) in [7, 11) is 3.15. The van der Waals surface area contributed by atoms with E-state index in [-0.39, 0.29) is 5.84 Å². The first-order chi connectivity index (χ1) is 6.60. The number of benzene rings is 1. The lowest BCUT2D eigenvalue weighted by atomic mass is 10.1. The van der Waals surface area contributed by atoms with Crippen molar-refractivity contribution in [1.29, 1.82) is 5.41 Å². The number of hydrogen-bond acceptors (Lipinski definition) is 3. The van der Waals surface area contributed by atoms with Crippen LogP contribution in [0.1, 0.15) is 11.1 Å². The number of nitrogens with two attached hydrogens (primary N) is 1. The molecule has 0 bridgehead atoms. The van der Waals surface area contributed by atoms with Crippen molar-refractivity contribution >= 4 is 5.84 Å². The Balaban J connectivity index is 3.32. The van der Waals surface area contributed by atoms with Crippen molar-refractivity contribution in [2.75, 3.05) is 14.2 Å². The topological polar surface area (TPSA) is 68.3 Å². The molecule has 4 heteroatoms. The van der Waals surface area contributed by atoms with Gasteiger partial charge in [0.05, 0.1) is 14.2 Å². The second-order valence-electron chi connectivity index (χ2n) is 2.92. The van der Waals surface area contributed by atoms with Crippen LogP contribution in [0, 0.1) is 12.3 Å². The molecule has 14 heavy (non-hydrogen) atoms. The Hall–Kier alpha value is -1.71. The fourth-order valence-corrected chi connectivity index (χ4v) is 1.24. The Labute approximate surface area is 83.1 Å². The summed E-state index contributed by atoms with van der Waals surface area (Å²) in [6.07, 6.45) is 0. The molecule has 0 aliphatic heterocycles. The molecule has 0 atom stereocenters. The largest absolute Gasteiger partial charge is 0.496 e. The highest BCUT2D eigenvalue weighted by atomic mass is 16.5. The van der Waals surface area contributed by atoms with E-state index < -0.39 is 0 Å². The van der Waals surface area contributed by atoms with E-state index in [9.17, 15) is 0 Å². The Kier molecular flexibility index (Phi) is 2.96. The fourth-order valence-electron chi connectivity index (χ4n) is 1.24. The predicted molar refractivity (Wildman–Crippen MR) is 55.3 cm³/mol. The van der Waals surface area contributed by atoms with E-state index >= 15 is 0 Å². The van der Waals surface area contributed by atoms with Gasteiger partial charge in [0.1, 0.15) is 17.3 Å². The molecule has 0 unspecified atom stereocenters. The van der Waals surface area contributed by atoms with Crippen LogP contribution in [0.15, 0.2) is 12.1 Å². The zero-order valence-electron chi connectivity index (χ0n) is 8.55. The molecular weight excluding hydrogens is 180 g/mol. The lowest BCUT2D eigenvalue weighted by Crippen LogP contribution is -2.11. The van der Waals surface area contributed by atoms with Crippen molar-refractivity contribution in [3.8, 4) is 11.5 Å². The molecule has 1 aromatic carbocycles. The lowest BCUT2D eigenvalue weighted by Gasteiger charge is -2.11. The number of rotatable bonds is 3. The Morgan fingerprint density at radius 1 is 1.21 bits per heavy atom. The number of methoxy groups -OCH3 is 2. The molecule has 1 aromatic rings. The molecule has 0 radical (unpaired) electrons. The van der Waals surface area contributed by atoms with Crippen LogP contribution in [-0.4, -0.2) is 20.1 Å². The molecule has 0 aromatic heterocycles. The van der Waals surface area contributed by atoms with Crippen LogP contribution in [0.2, 0.25) is 0 Å². The summed E-state index contributed by atoms with van der Waals surface area (Å²) in [5.41, 5.74) is 6.89. The lowest BCUT2D eigenvalue weighted by molar-refractivity contribution is 0.388. The molecule has 1 rings (SSSR count). The number of hydrogen-bond donors (Lipinski definition) is 2. The van der Waals surface area contributed by atoms with E-state index in [1.54, 1.807) is 26.4 Å². The van der Waals surface area contributed by atoms with E-state index in [0.29, 0.717) is 17.1 Å². The summed E-state index contributed by atoms with van der Waals surface area (Å²) >= 11 is 0. The molecule has 0 spiro atoms. The molecule has 4 nitrogen and oxygen atoms in total. The average molecular weight is 194 g/mol. The van der Waals surface area contributed by atoms with Crippen molar-refractivity contribution in [3.63, 3.8) is 0 Å². The summed E-state index contributed by atoms with van der Waals surface area (Å²) < 4.78 is 10.3. The number of ether oxygens (including phenoxy) is 2. The zero-order valence-corrected chi connectivity index (χ0v) is 8.55. The van der Waals surface area contributed by atoms with E-state index in [0.717, 1.165) is 5.56 Å². The van der Waals surface area contributed by atoms with E-state index in [2.05, 4.69) is 0 Å². The minimum absolute atomic E-state index is 0.00148. The first-order valence-electron chi connectivity index (χ1n) is 4.17. The summed E-state index contributed by atoms with van der Waals surface area (Å²) in [6, 6.07) is 3.44. The van der Waals surface area contributed by atoms with E-state index in [1.807, 2.05) is 6.92 Å². The van der Waals surface area contributed by atoms with Gasteiger partial charge in [0.2, 0.25) is 0 Å². The van der Waals surface area contributed by atoms with Crippen LogP contribution in [0.5, 0.6) is 11.5 Å². The van der Waals surface area contributed by atoms with Gasteiger partial charge in [-0.1, -0.05) is 0 Å². The second kappa shape index (κ2) is 4.00. The third-order valence-electron chi connectivity index (χ3n) is 2.06. The van der Waals surface area contributed by atoms with Crippen molar-refractivity contribution in [1.82, 2.24) is 0 Å². The summed E-state index contributed by atoms with van der Waals surface area (Å²) in [5, 5.41) is 7.32. The van der Waals surface area contributed by atoms with Gasteiger partial charge in [-0.3, -0.25) is 5.41 Å². The van der Waals surface area contributed by atoms with Crippen molar-refractivity contribution in [2.24, 2.45) is 5.73 Å². The average Bonchev–Trinajstić information content (AvgIpc) is 2.17. The van der Waals surface area contributed by atoms with Crippen molar-refractivity contribution in [3.05, 3.63) is 23.3 Å². The maximum atomic E-state index is 7.32. The zero-order chi connectivity index (χ0) is 10.7. The van der Waals surface area contributed by atoms with Crippen LogP contribution in [0.3, 0.4) is 0 Å². The summed E-state index contributed by atoms with van der Waals surface area (Å²) in [5.74, 6) is 1.35. The molecule has 76 valence electrons. The molecule has 0 saturated carbocycles. The minimum Gasteiger partial charge on any atom is -0.496 e. The Morgan fingerprint density at radius 3 is 1.93 bits per heavy atom. The molecule has 0 fully saturated rings. The molecule has 0 aliphatic rings. The van der Waals surface area contributed by atoms with Crippen LogP contribution in [0.25, 0.3) is 0 Å². The number of nitrogen functional groups attached to an aromatic ring is 1. The maximum Gasteiger partial charge on any atom is 0.126 e. The van der Waals surface area contributed by atoms with E-state index in [4.69, 9.17) is 20.6 Å². The van der Waals surface area contributed by atoms with Gasteiger partial charge < -0.3 is 15.2 Å². The molecule has 3 N–H and O–H groups in total. The van der Waals surface area contributed by atoms with E-state index in [1.165, 1.54) is 0 Å². The standard InChI is InChI=1S/C10H14N2O2/c1-6-8(13-2)4-7(10(11)12)5-9(6)14-3/h4-5H,1-3H3,(H3,11,12). The molecular formula is C10H14N2O2. The minimum atomic E-state index is 0.00148. The van der Waals surface area contributed by atoms with Gasteiger partial charge in [0.15, 0.2) is 0 Å². The van der Waals surface area contributed by atoms with Crippen molar-refractivity contribution < 1.29 is 9.47 Å². The van der Waals surface area contributed by atoms with Crippen LogP contribution in [0.4, 0.5) is 0 Å². The van der Waals surface area contributed by atoms with Crippen LogP contribution >= 0.6 is 0 Å². The quantitative estimate of drug-likeness (QED) is 0.563. The number of amidine groups is 1. The van der Waals surface area contributed by atoms with Gasteiger partial charge >= 0.3 is 0 Å². The first-order valence-corrected chi connectivity index (χ1v) is 4.17. The number of nitrogens with one attached hydrogen (secondary N) is 1. The molecule has 0 saturated heterocycles. The predicted octanol–water partition coefficient (Wildman–Crippen LogP) is 1.30. The smallest absolute Gasteiger partial charge is 0.126 e. The van der Waals surface area contributed by atoms with Crippen LogP contribution < -0.4 is 15.2 Å². The fraction of sp³-hybridized carbons (Fsp3) is 0.300. The maximum absolute atomic E-state index is 7.32. The monoisotopic (exact) mass is 194 g/mol. The van der Waals surface area contributed by atoms with Gasteiger partial charge in [-0.15, -0.1) is 0 Å². The SMILES string of the molecule is COc1cc(C(=N)N)cc(OC)c1C. The highest BCUT2D eigenvalue weighted by molar-refractivity contribution is 5.96. The van der Waals surface area contributed by atoms with Gasteiger partial charge in [-0.2, -0.15) is 0 Å². The van der Waals surface area contributed by atoms with Gasteiger partial charge in [-0.25, -0.2) is 0 Å². The van der Waals surface area contributed by atoms with Crippen molar-refractivity contribution in [2.45, 2.75) is 6.92 Å². The summed E-state index contributed by atoms with van der Waals surface area (Å²) in [6.45, 7) is 1.89. The molecule has 0 aliphatic carbocycles. The third kappa shape index (κ3) is 1.79. The highest BCUT2D eigenvalue weighted by Crippen LogP contribution is 2.29.